The van der Waals surface area contributed by atoms with Gasteiger partial charge in [0.25, 0.3) is 0 Å². The van der Waals surface area contributed by atoms with Gasteiger partial charge in [0.1, 0.15) is 0 Å². The number of fused-ring (bicyclic) bond motifs is 3. The van der Waals surface area contributed by atoms with Crippen molar-refractivity contribution in [3.63, 3.8) is 0 Å². The van der Waals surface area contributed by atoms with Gasteiger partial charge in [0, 0.05) is 16.6 Å². The molecular formula is C10H7ClN2S. The molecule has 4 heteroatoms. The molecule has 0 atom stereocenters. The Labute approximate surface area is 90.3 Å². The van der Waals surface area contributed by atoms with Gasteiger partial charge in [0.15, 0.2) is 0 Å². The van der Waals surface area contributed by atoms with Gasteiger partial charge < -0.3 is 0 Å². The van der Waals surface area contributed by atoms with Crippen LogP contribution in [0.15, 0.2) is 12.3 Å². The number of thiophene rings is 1. The first-order chi connectivity index (χ1) is 6.84. The van der Waals surface area contributed by atoms with E-state index in [9.17, 15) is 0 Å². The van der Waals surface area contributed by atoms with E-state index >= 15 is 0 Å². The highest BCUT2D eigenvalue weighted by Crippen LogP contribution is 2.34. The van der Waals surface area contributed by atoms with E-state index in [1.54, 1.807) is 11.3 Å². The maximum Gasteiger partial charge on any atom is 0.222 e. The Morgan fingerprint density at radius 2 is 2.36 bits per heavy atom. The molecule has 2 aromatic heterocycles. The van der Waals surface area contributed by atoms with E-state index in [4.69, 9.17) is 11.6 Å². The second kappa shape index (κ2) is 3.04. The van der Waals surface area contributed by atoms with Crippen LogP contribution < -0.4 is 0 Å². The minimum Gasteiger partial charge on any atom is -0.225 e. The van der Waals surface area contributed by atoms with Gasteiger partial charge in [-0.25, -0.2) is 9.97 Å². The number of halogens is 1. The summed E-state index contributed by atoms with van der Waals surface area (Å²) in [7, 11) is 0. The summed E-state index contributed by atoms with van der Waals surface area (Å²) >= 11 is 7.55. The lowest BCUT2D eigenvalue weighted by Crippen LogP contribution is -1.88. The summed E-state index contributed by atoms with van der Waals surface area (Å²) in [5, 5.41) is 0.331. The first kappa shape index (κ1) is 8.38. The normalized spacial score (nSPS) is 14.6. The van der Waals surface area contributed by atoms with Crippen LogP contribution in [0.1, 0.15) is 16.9 Å². The predicted octanol–water partition coefficient (Wildman–Crippen LogP) is 3.30. The van der Waals surface area contributed by atoms with Gasteiger partial charge in [-0.05, 0) is 24.4 Å². The van der Waals surface area contributed by atoms with Crippen molar-refractivity contribution in [3.8, 4) is 0 Å². The lowest BCUT2D eigenvalue weighted by atomic mass is 10.1. The number of rotatable bonds is 0. The molecule has 14 heavy (non-hydrogen) atoms. The highest BCUT2D eigenvalue weighted by molar-refractivity contribution is 7.19. The molecule has 0 aliphatic heterocycles. The molecular weight excluding hydrogens is 216 g/mol. The molecule has 0 bridgehead atoms. The fourth-order valence-corrected chi connectivity index (χ4v) is 2.96. The van der Waals surface area contributed by atoms with Crippen LogP contribution >= 0.6 is 22.9 Å². The van der Waals surface area contributed by atoms with Crippen LogP contribution in [0.4, 0.5) is 0 Å². The minimum absolute atomic E-state index is 0.331. The van der Waals surface area contributed by atoms with Crippen molar-refractivity contribution in [1.29, 1.82) is 0 Å². The summed E-state index contributed by atoms with van der Waals surface area (Å²) in [6, 6.07) is 0. The number of allylic oxidation sites excluding steroid dienone is 1. The average molecular weight is 223 g/mol. The quantitative estimate of drug-likeness (QED) is 0.640. The summed E-state index contributed by atoms with van der Waals surface area (Å²) in [4.78, 5) is 9.66. The van der Waals surface area contributed by atoms with Gasteiger partial charge in [-0.2, -0.15) is 0 Å². The van der Waals surface area contributed by atoms with Crippen LogP contribution in [0.2, 0.25) is 5.28 Å². The number of hydrogen-bond donors (Lipinski definition) is 0. The van der Waals surface area contributed by atoms with Gasteiger partial charge in [0.2, 0.25) is 5.28 Å². The summed E-state index contributed by atoms with van der Waals surface area (Å²) in [6.07, 6.45) is 8.37. The Morgan fingerprint density at radius 3 is 3.29 bits per heavy atom. The number of aromatic nitrogens is 2. The first-order valence-electron chi connectivity index (χ1n) is 4.45. The number of nitrogens with zero attached hydrogens (tertiary/aromatic N) is 2. The maximum atomic E-state index is 5.78. The Kier molecular flexibility index (Phi) is 1.82. The van der Waals surface area contributed by atoms with E-state index in [1.165, 1.54) is 10.4 Å². The topological polar surface area (TPSA) is 25.8 Å². The molecule has 3 rings (SSSR count). The molecule has 0 saturated heterocycles. The molecule has 0 spiro atoms. The van der Waals surface area contributed by atoms with Crippen LogP contribution in [0, 0.1) is 0 Å². The van der Waals surface area contributed by atoms with E-state index in [-0.39, 0.29) is 0 Å². The molecule has 0 aromatic carbocycles. The van der Waals surface area contributed by atoms with Crippen LogP contribution in [-0.2, 0) is 6.42 Å². The summed E-state index contributed by atoms with van der Waals surface area (Å²) in [5.74, 6) is 0. The predicted molar refractivity (Wildman–Crippen MR) is 59.8 cm³/mol. The fourth-order valence-electron chi connectivity index (χ4n) is 1.71. The van der Waals surface area contributed by atoms with E-state index in [2.05, 4.69) is 22.1 Å². The van der Waals surface area contributed by atoms with Crippen LogP contribution in [0.25, 0.3) is 16.3 Å². The van der Waals surface area contributed by atoms with Crippen molar-refractivity contribution in [2.24, 2.45) is 0 Å². The van der Waals surface area contributed by atoms with E-state index in [0.29, 0.717) is 5.28 Å². The summed E-state index contributed by atoms with van der Waals surface area (Å²) in [5.41, 5.74) is 2.24. The van der Waals surface area contributed by atoms with Crippen molar-refractivity contribution in [1.82, 2.24) is 9.97 Å². The molecule has 1 aliphatic rings. The molecule has 2 heterocycles. The Bertz CT molecular complexity index is 530. The van der Waals surface area contributed by atoms with Crippen LogP contribution in [0.5, 0.6) is 0 Å². The van der Waals surface area contributed by atoms with Gasteiger partial charge in [-0.3, -0.25) is 0 Å². The molecule has 0 N–H and O–H groups in total. The van der Waals surface area contributed by atoms with Crippen molar-refractivity contribution < 1.29 is 0 Å². The third kappa shape index (κ3) is 1.16. The third-order valence-electron chi connectivity index (χ3n) is 2.34. The van der Waals surface area contributed by atoms with Crippen molar-refractivity contribution in [2.45, 2.75) is 12.8 Å². The van der Waals surface area contributed by atoms with Crippen molar-refractivity contribution in [2.75, 3.05) is 0 Å². The monoisotopic (exact) mass is 222 g/mol. The molecule has 0 fully saturated rings. The first-order valence-corrected chi connectivity index (χ1v) is 5.64. The second-order valence-electron chi connectivity index (χ2n) is 3.23. The molecule has 2 nitrogen and oxygen atoms in total. The lowest BCUT2D eigenvalue weighted by molar-refractivity contribution is 1.01. The molecule has 2 aromatic rings. The standard InChI is InChI=1S/C10H7ClN2S/c11-10-12-5-8-9(13-10)6-3-1-2-4-7(6)14-8/h1,3,5H,2,4H2. The van der Waals surface area contributed by atoms with E-state index in [0.717, 1.165) is 23.1 Å². The summed E-state index contributed by atoms with van der Waals surface area (Å²) in [6.45, 7) is 0. The molecule has 70 valence electrons. The average Bonchev–Trinajstić information content (AvgIpc) is 2.56. The van der Waals surface area contributed by atoms with E-state index in [1.807, 2.05) is 6.20 Å². The SMILES string of the molecule is Clc1ncc2sc3c(c2n1)C=CCC3. The highest BCUT2D eigenvalue weighted by atomic mass is 35.5. The number of aryl methyl sites for hydroxylation is 1. The van der Waals surface area contributed by atoms with Gasteiger partial charge in [-0.1, -0.05) is 12.2 Å². The third-order valence-corrected chi connectivity index (χ3v) is 3.71. The zero-order valence-corrected chi connectivity index (χ0v) is 8.90. The lowest BCUT2D eigenvalue weighted by Gasteiger charge is -2.02. The minimum atomic E-state index is 0.331. The highest BCUT2D eigenvalue weighted by Gasteiger charge is 2.13. The van der Waals surface area contributed by atoms with Crippen LogP contribution in [-0.4, -0.2) is 9.97 Å². The Hall–Kier alpha value is -0.930. The van der Waals surface area contributed by atoms with Crippen molar-refractivity contribution in [3.05, 3.63) is 28.0 Å². The largest absolute Gasteiger partial charge is 0.225 e. The molecule has 0 amide bonds. The van der Waals surface area contributed by atoms with Gasteiger partial charge in [0.05, 0.1) is 10.2 Å². The summed E-state index contributed by atoms with van der Waals surface area (Å²) < 4.78 is 1.13. The molecule has 0 radical (unpaired) electrons. The second-order valence-corrected chi connectivity index (χ2v) is 4.71. The zero-order chi connectivity index (χ0) is 9.54. The Morgan fingerprint density at radius 1 is 1.43 bits per heavy atom. The maximum absolute atomic E-state index is 5.78. The van der Waals surface area contributed by atoms with Crippen LogP contribution in [0.3, 0.4) is 0 Å². The molecule has 1 aliphatic carbocycles. The fraction of sp³-hybridized carbons (Fsp3) is 0.200. The number of hydrogen-bond acceptors (Lipinski definition) is 3. The smallest absolute Gasteiger partial charge is 0.222 e. The van der Waals surface area contributed by atoms with Crippen molar-refractivity contribution >= 4 is 39.2 Å². The molecule has 0 unspecified atom stereocenters. The van der Waals surface area contributed by atoms with Gasteiger partial charge >= 0.3 is 0 Å². The Balaban J connectivity index is 2.39. The zero-order valence-electron chi connectivity index (χ0n) is 7.33. The molecule has 0 saturated carbocycles. The van der Waals surface area contributed by atoms with E-state index < -0.39 is 0 Å². The van der Waals surface area contributed by atoms with Gasteiger partial charge in [-0.15, -0.1) is 11.3 Å².